The second kappa shape index (κ2) is 6.08. The molecule has 118 valence electrons. The first kappa shape index (κ1) is 15.6. The van der Waals surface area contributed by atoms with Gasteiger partial charge in [-0.05, 0) is 29.7 Å². The monoisotopic (exact) mass is 325 g/mol. The molecule has 0 aliphatic rings. The highest BCUT2D eigenvalue weighted by molar-refractivity contribution is 7.21. The van der Waals surface area contributed by atoms with Gasteiger partial charge < -0.3 is 5.32 Å². The Morgan fingerprint density at radius 1 is 1.17 bits per heavy atom. The maximum absolute atomic E-state index is 11.9. The van der Waals surface area contributed by atoms with Crippen LogP contribution in [0.5, 0.6) is 0 Å². The smallest absolute Gasteiger partial charge is 0.226 e. The third kappa shape index (κ3) is 3.93. The van der Waals surface area contributed by atoms with Gasteiger partial charge in [0.25, 0.3) is 0 Å². The third-order valence-corrected chi connectivity index (χ3v) is 4.35. The van der Waals surface area contributed by atoms with Gasteiger partial charge in [-0.2, -0.15) is 0 Å². The number of pyridine rings is 1. The van der Waals surface area contributed by atoms with Crippen molar-refractivity contribution in [3.8, 4) is 10.6 Å². The molecule has 0 aliphatic carbocycles. The molecule has 0 saturated carbocycles. The fraction of sp³-hybridized carbons (Fsp3) is 0.278. The Morgan fingerprint density at radius 2 is 1.96 bits per heavy atom. The Balaban J connectivity index is 1.75. The summed E-state index contributed by atoms with van der Waals surface area (Å²) in [6, 6.07) is 11.8. The van der Waals surface area contributed by atoms with Gasteiger partial charge >= 0.3 is 0 Å². The van der Waals surface area contributed by atoms with Crippen molar-refractivity contribution in [1.82, 2.24) is 9.97 Å². The molecule has 0 aliphatic heterocycles. The van der Waals surface area contributed by atoms with E-state index in [9.17, 15) is 4.79 Å². The van der Waals surface area contributed by atoms with Crippen LogP contribution < -0.4 is 5.32 Å². The average molecular weight is 325 g/mol. The van der Waals surface area contributed by atoms with Crippen molar-refractivity contribution in [1.29, 1.82) is 0 Å². The molecule has 1 amide bonds. The first-order valence-electron chi connectivity index (χ1n) is 7.53. The van der Waals surface area contributed by atoms with Gasteiger partial charge in [-0.1, -0.05) is 32.9 Å². The number of carbonyl (C=O) groups is 1. The predicted octanol–water partition coefficient (Wildman–Crippen LogP) is 4.73. The Morgan fingerprint density at radius 3 is 2.61 bits per heavy atom. The minimum atomic E-state index is -0.0367. The molecule has 2 heterocycles. The van der Waals surface area contributed by atoms with Gasteiger partial charge in [0.1, 0.15) is 10.8 Å². The predicted molar refractivity (Wildman–Crippen MR) is 95.6 cm³/mol. The summed E-state index contributed by atoms with van der Waals surface area (Å²) in [4.78, 5) is 20.9. The normalized spacial score (nSPS) is 11.6. The summed E-state index contributed by atoms with van der Waals surface area (Å²) in [7, 11) is 0. The molecule has 23 heavy (non-hydrogen) atoms. The van der Waals surface area contributed by atoms with E-state index in [1.165, 1.54) is 0 Å². The van der Waals surface area contributed by atoms with Crippen LogP contribution >= 0.6 is 11.3 Å². The van der Waals surface area contributed by atoms with E-state index in [2.05, 4.69) is 21.4 Å². The molecule has 3 rings (SSSR count). The molecular weight excluding hydrogens is 306 g/mol. The number of amides is 1. The highest BCUT2D eigenvalue weighted by Crippen LogP contribution is 2.30. The van der Waals surface area contributed by atoms with Crippen molar-refractivity contribution in [2.75, 3.05) is 5.32 Å². The van der Waals surface area contributed by atoms with Crippen LogP contribution in [0, 0.1) is 5.41 Å². The molecule has 1 N–H and O–H groups in total. The van der Waals surface area contributed by atoms with Gasteiger partial charge in [-0.25, -0.2) is 9.97 Å². The molecule has 0 saturated heterocycles. The first-order chi connectivity index (χ1) is 10.9. The van der Waals surface area contributed by atoms with E-state index in [4.69, 9.17) is 0 Å². The van der Waals surface area contributed by atoms with E-state index in [-0.39, 0.29) is 11.3 Å². The summed E-state index contributed by atoms with van der Waals surface area (Å²) in [5.74, 6) is 0.557. The van der Waals surface area contributed by atoms with E-state index in [0.29, 0.717) is 12.2 Å². The lowest BCUT2D eigenvalue weighted by molar-refractivity contribution is -0.117. The van der Waals surface area contributed by atoms with E-state index >= 15 is 0 Å². The molecule has 0 spiro atoms. The summed E-state index contributed by atoms with van der Waals surface area (Å²) in [5, 5.41) is 3.77. The summed E-state index contributed by atoms with van der Waals surface area (Å²) >= 11 is 1.64. The zero-order valence-corrected chi connectivity index (χ0v) is 14.3. The Bertz CT molecular complexity index is 798. The van der Waals surface area contributed by atoms with Crippen molar-refractivity contribution >= 4 is 33.3 Å². The minimum absolute atomic E-state index is 0.0160. The third-order valence-electron chi connectivity index (χ3n) is 3.26. The van der Waals surface area contributed by atoms with Crippen molar-refractivity contribution in [3.05, 3.63) is 42.6 Å². The van der Waals surface area contributed by atoms with Crippen LogP contribution in [0.4, 0.5) is 5.82 Å². The summed E-state index contributed by atoms with van der Waals surface area (Å²) < 4.78 is 1.16. The van der Waals surface area contributed by atoms with Crippen LogP contribution in [0.1, 0.15) is 27.2 Å². The van der Waals surface area contributed by atoms with Crippen LogP contribution in [0.25, 0.3) is 20.8 Å². The largest absolute Gasteiger partial charge is 0.311 e. The molecule has 4 nitrogen and oxygen atoms in total. The quantitative estimate of drug-likeness (QED) is 0.757. The van der Waals surface area contributed by atoms with Crippen LogP contribution in [0.15, 0.2) is 42.6 Å². The molecular formula is C18H19N3OS. The van der Waals surface area contributed by atoms with Gasteiger partial charge in [0.15, 0.2) is 0 Å². The number of hydrogen-bond acceptors (Lipinski definition) is 4. The van der Waals surface area contributed by atoms with Gasteiger partial charge in [0.05, 0.1) is 10.2 Å². The number of carbonyl (C=O) groups excluding carboxylic acids is 1. The molecule has 0 unspecified atom stereocenters. The summed E-state index contributed by atoms with van der Waals surface area (Å²) in [6.45, 7) is 6.11. The highest BCUT2D eigenvalue weighted by Gasteiger charge is 2.16. The molecule has 3 aromatic rings. The summed E-state index contributed by atoms with van der Waals surface area (Å²) in [5.41, 5.74) is 1.92. The number of benzene rings is 1. The summed E-state index contributed by atoms with van der Waals surface area (Å²) in [6.07, 6.45) is 2.22. The second-order valence-corrected chi connectivity index (χ2v) is 7.74. The molecule has 5 heteroatoms. The van der Waals surface area contributed by atoms with Crippen LogP contribution in [-0.4, -0.2) is 15.9 Å². The number of anilines is 1. The Kier molecular flexibility index (Phi) is 4.13. The first-order valence-corrected chi connectivity index (χ1v) is 8.34. The van der Waals surface area contributed by atoms with E-state index in [0.717, 1.165) is 20.8 Å². The van der Waals surface area contributed by atoms with Crippen molar-refractivity contribution in [2.24, 2.45) is 5.41 Å². The number of nitrogens with zero attached hydrogens (tertiary/aromatic N) is 2. The SMILES string of the molecule is CC(C)(C)CC(=O)Nc1ccc(-c2nc3ccccc3s2)cn1. The van der Waals surface area contributed by atoms with Crippen molar-refractivity contribution in [2.45, 2.75) is 27.2 Å². The molecule has 2 aromatic heterocycles. The second-order valence-electron chi connectivity index (χ2n) is 6.70. The van der Waals surface area contributed by atoms with Crippen molar-refractivity contribution < 1.29 is 4.79 Å². The molecule has 0 bridgehead atoms. The number of aromatic nitrogens is 2. The van der Waals surface area contributed by atoms with Gasteiger partial charge in [0, 0.05) is 18.2 Å². The fourth-order valence-corrected chi connectivity index (χ4v) is 3.21. The molecule has 0 atom stereocenters. The Hall–Kier alpha value is -2.27. The maximum atomic E-state index is 11.9. The fourth-order valence-electron chi connectivity index (χ4n) is 2.26. The molecule has 1 aromatic carbocycles. The minimum Gasteiger partial charge on any atom is -0.311 e. The zero-order valence-electron chi connectivity index (χ0n) is 13.5. The Labute approximate surface area is 139 Å². The van der Waals surface area contributed by atoms with Crippen molar-refractivity contribution in [3.63, 3.8) is 0 Å². The topological polar surface area (TPSA) is 54.9 Å². The zero-order chi connectivity index (χ0) is 16.4. The molecule has 0 fully saturated rings. The van der Waals surface area contributed by atoms with E-state index < -0.39 is 0 Å². The lowest BCUT2D eigenvalue weighted by atomic mass is 9.92. The number of rotatable bonds is 3. The van der Waals surface area contributed by atoms with Gasteiger partial charge in [-0.15, -0.1) is 11.3 Å². The number of para-hydroxylation sites is 1. The lowest BCUT2D eigenvalue weighted by Crippen LogP contribution is -2.20. The van der Waals surface area contributed by atoms with E-state index in [1.54, 1.807) is 17.5 Å². The lowest BCUT2D eigenvalue weighted by Gasteiger charge is -2.16. The number of thiazole rings is 1. The van der Waals surface area contributed by atoms with Crippen LogP contribution in [0.3, 0.4) is 0 Å². The molecule has 0 radical (unpaired) electrons. The highest BCUT2D eigenvalue weighted by atomic mass is 32.1. The maximum Gasteiger partial charge on any atom is 0.226 e. The average Bonchev–Trinajstić information content (AvgIpc) is 2.89. The van der Waals surface area contributed by atoms with Crippen LogP contribution in [-0.2, 0) is 4.79 Å². The van der Waals surface area contributed by atoms with Gasteiger partial charge in [-0.3, -0.25) is 4.79 Å². The van der Waals surface area contributed by atoms with Gasteiger partial charge in [0.2, 0.25) is 5.91 Å². The number of fused-ring (bicyclic) bond motifs is 1. The standard InChI is InChI=1S/C18H19N3OS/c1-18(2,3)10-16(22)21-15-9-8-12(11-19-15)17-20-13-6-4-5-7-14(13)23-17/h4-9,11H,10H2,1-3H3,(H,19,21,22). The number of nitrogens with one attached hydrogen (secondary N) is 1. The van der Waals surface area contributed by atoms with E-state index in [1.807, 2.05) is 51.1 Å². The van der Waals surface area contributed by atoms with Crippen LogP contribution in [0.2, 0.25) is 0 Å². The number of hydrogen-bond donors (Lipinski definition) is 1.